The normalized spacial score (nSPS) is 23.0. The quantitative estimate of drug-likeness (QED) is 0.796. The Labute approximate surface area is 166 Å². The number of halogens is 3. The molecule has 0 radical (unpaired) electrons. The molecule has 1 N–H and O–H groups in total. The molecule has 138 valence electrons. The summed E-state index contributed by atoms with van der Waals surface area (Å²) < 4.78 is 7.05. The summed E-state index contributed by atoms with van der Waals surface area (Å²) in [5, 5.41) is 8.12. The summed E-state index contributed by atoms with van der Waals surface area (Å²) >= 11 is 18.2. The molecule has 26 heavy (non-hydrogen) atoms. The predicted molar refractivity (Wildman–Crippen MR) is 104 cm³/mol. The molecule has 1 aliphatic heterocycles. The second-order valence-electron chi connectivity index (χ2n) is 6.80. The largest absolute Gasteiger partial charge is 0.381 e. The van der Waals surface area contributed by atoms with Crippen molar-refractivity contribution in [3.05, 3.63) is 49.8 Å². The Morgan fingerprint density at radius 2 is 1.96 bits per heavy atom. The van der Waals surface area contributed by atoms with Crippen LogP contribution in [0.15, 0.2) is 29.2 Å². The van der Waals surface area contributed by atoms with Crippen molar-refractivity contribution in [2.45, 2.75) is 37.8 Å². The van der Waals surface area contributed by atoms with E-state index in [1.165, 1.54) is 23.7 Å². The van der Waals surface area contributed by atoms with Crippen molar-refractivity contribution in [3.63, 3.8) is 0 Å². The van der Waals surface area contributed by atoms with Crippen molar-refractivity contribution in [1.82, 2.24) is 9.78 Å². The first-order valence-electron chi connectivity index (χ1n) is 8.64. The summed E-state index contributed by atoms with van der Waals surface area (Å²) in [6.45, 7) is 0.775. The van der Waals surface area contributed by atoms with Crippen LogP contribution in [0, 0.1) is 5.92 Å². The van der Waals surface area contributed by atoms with Crippen LogP contribution in [0.3, 0.4) is 0 Å². The summed E-state index contributed by atoms with van der Waals surface area (Å²) in [5.74, 6) is 0.727. The highest BCUT2D eigenvalue weighted by Gasteiger charge is 2.35. The minimum Gasteiger partial charge on any atom is -0.381 e. The van der Waals surface area contributed by atoms with Gasteiger partial charge in [0.25, 0.3) is 5.56 Å². The Balaban J connectivity index is 1.53. The summed E-state index contributed by atoms with van der Waals surface area (Å²) in [7, 11) is 0. The summed E-state index contributed by atoms with van der Waals surface area (Å²) in [4.78, 5) is 12.2. The van der Waals surface area contributed by atoms with Crippen molar-refractivity contribution in [2.24, 2.45) is 5.92 Å². The van der Waals surface area contributed by atoms with E-state index in [9.17, 15) is 4.79 Å². The first-order chi connectivity index (χ1) is 12.5. The van der Waals surface area contributed by atoms with Crippen molar-refractivity contribution in [2.75, 3.05) is 11.9 Å². The van der Waals surface area contributed by atoms with Gasteiger partial charge in [-0.3, -0.25) is 4.79 Å². The Hall–Kier alpha value is -1.27. The first kappa shape index (κ1) is 18.1. The molecule has 2 aromatic rings. The van der Waals surface area contributed by atoms with Gasteiger partial charge in [0.05, 0.1) is 33.7 Å². The molecule has 4 rings (SSSR count). The molecule has 8 heteroatoms. The van der Waals surface area contributed by atoms with E-state index in [2.05, 4.69) is 10.4 Å². The third kappa shape index (κ3) is 3.72. The summed E-state index contributed by atoms with van der Waals surface area (Å²) in [5.41, 5.74) is 0.893. The molecule has 1 saturated heterocycles. The molecule has 2 heterocycles. The van der Waals surface area contributed by atoms with Crippen LogP contribution >= 0.6 is 34.8 Å². The number of aromatic nitrogens is 2. The number of rotatable bonds is 4. The van der Waals surface area contributed by atoms with Crippen LogP contribution in [0.25, 0.3) is 5.69 Å². The number of benzene rings is 1. The van der Waals surface area contributed by atoms with E-state index in [0.29, 0.717) is 22.9 Å². The van der Waals surface area contributed by atoms with E-state index in [0.717, 1.165) is 31.1 Å². The maximum Gasteiger partial charge on any atom is 0.291 e. The number of hydrogen-bond donors (Lipinski definition) is 1. The third-order valence-corrected chi connectivity index (χ3v) is 5.96. The van der Waals surface area contributed by atoms with Gasteiger partial charge in [-0.1, -0.05) is 34.8 Å². The lowest BCUT2D eigenvalue weighted by Crippen LogP contribution is -2.35. The van der Waals surface area contributed by atoms with E-state index in [1.54, 1.807) is 12.1 Å². The molecular weight excluding hydrogens is 397 g/mol. The number of ether oxygens (including phenoxy) is 1. The Kier molecular flexibility index (Phi) is 5.15. The molecule has 2 fully saturated rings. The van der Waals surface area contributed by atoms with Crippen LogP contribution in [0.4, 0.5) is 5.69 Å². The maximum atomic E-state index is 12.2. The smallest absolute Gasteiger partial charge is 0.291 e. The van der Waals surface area contributed by atoms with Gasteiger partial charge in [0.2, 0.25) is 0 Å². The molecule has 0 spiro atoms. The monoisotopic (exact) mass is 413 g/mol. The van der Waals surface area contributed by atoms with Gasteiger partial charge in [0.1, 0.15) is 5.02 Å². The standard InChI is InChI=1S/C18H18Cl3N3O2/c19-13-8-12(24-18(25)17(21)14(20)9-22-24)3-4-15(13)23-11-5-6-26-16(7-11)10-1-2-10/h3-4,8-11,16,23H,1-2,5-7H2. The van der Waals surface area contributed by atoms with E-state index in [1.807, 2.05) is 6.07 Å². The van der Waals surface area contributed by atoms with E-state index in [4.69, 9.17) is 39.5 Å². The predicted octanol–water partition coefficient (Wildman–Crippen LogP) is 4.56. The molecule has 1 saturated carbocycles. The second kappa shape index (κ2) is 7.39. The van der Waals surface area contributed by atoms with Gasteiger partial charge in [0, 0.05) is 12.6 Å². The lowest BCUT2D eigenvalue weighted by molar-refractivity contribution is -0.00218. The SMILES string of the molecule is O=c1c(Cl)c(Cl)cnn1-c1ccc(NC2CCOC(C3CC3)C2)c(Cl)c1. The van der Waals surface area contributed by atoms with Crippen molar-refractivity contribution < 1.29 is 4.74 Å². The summed E-state index contributed by atoms with van der Waals surface area (Å²) in [6.07, 6.45) is 6.20. The number of nitrogens with zero attached hydrogens (tertiary/aromatic N) is 2. The zero-order valence-corrected chi connectivity index (χ0v) is 16.2. The maximum absolute atomic E-state index is 12.2. The van der Waals surface area contributed by atoms with Crippen LogP contribution in [0.2, 0.25) is 15.1 Å². The van der Waals surface area contributed by atoms with Crippen molar-refractivity contribution in [1.29, 1.82) is 0 Å². The molecule has 1 aliphatic carbocycles. The van der Waals surface area contributed by atoms with Gasteiger partial charge in [0.15, 0.2) is 0 Å². The van der Waals surface area contributed by atoms with Crippen molar-refractivity contribution in [3.8, 4) is 5.69 Å². The lowest BCUT2D eigenvalue weighted by Gasteiger charge is -2.31. The summed E-state index contributed by atoms with van der Waals surface area (Å²) in [6, 6.07) is 5.67. The molecule has 2 unspecified atom stereocenters. The highest BCUT2D eigenvalue weighted by molar-refractivity contribution is 6.41. The highest BCUT2D eigenvalue weighted by atomic mass is 35.5. The van der Waals surface area contributed by atoms with Crippen LogP contribution in [-0.2, 0) is 4.74 Å². The van der Waals surface area contributed by atoms with Crippen LogP contribution in [0.5, 0.6) is 0 Å². The molecule has 2 aliphatic rings. The van der Waals surface area contributed by atoms with E-state index in [-0.39, 0.29) is 10.0 Å². The molecule has 0 bridgehead atoms. The van der Waals surface area contributed by atoms with Gasteiger partial charge < -0.3 is 10.1 Å². The van der Waals surface area contributed by atoms with Gasteiger partial charge in [-0.15, -0.1) is 0 Å². The molecule has 1 aromatic heterocycles. The Morgan fingerprint density at radius 1 is 1.15 bits per heavy atom. The van der Waals surface area contributed by atoms with Gasteiger partial charge in [-0.05, 0) is 49.8 Å². The lowest BCUT2D eigenvalue weighted by atomic mass is 10.00. The van der Waals surface area contributed by atoms with Gasteiger partial charge >= 0.3 is 0 Å². The molecular formula is C18H18Cl3N3O2. The fourth-order valence-corrected chi connectivity index (χ4v) is 3.81. The molecule has 0 amide bonds. The van der Waals surface area contributed by atoms with E-state index >= 15 is 0 Å². The average Bonchev–Trinajstić information content (AvgIpc) is 3.47. The fraction of sp³-hybridized carbons (Fsp3) is 0.444. The Morgan fingerprint density at radius 3 is 2.69 bits per heavy atom. The molecule has 5 nitrogen and oxygen atoms in total. The average molecular weight is 415 g/mol. The zero-order valence-electron chi connectivity index (χ0n) is 13.9. The Bertz CT molecular complexity index is 882. The number of anilines is 1. The van der Waals surface area contributed by atoms with E-state index < -0.39 is 5.56 Å². The fourth-order valence-electron chi connectivity index (χ4n) is 3.32. The third-order valence-electron chi connectivity index (χ3n) is 4.90. The van der Waals surface area contributed by atoms with Crippen LogP contribution in [-0.4, -0.2) is 28.5 Å². The topological polar surface area (TPSA) is 56.2 Å². The first-order valence-corrected chi connectivity index (χ1v) is 9.77. The molecule has 2 atom stereocenters. The minimum absolute atomic E-state index is 0.0617. The number of nitrogens with one attached hydrogen (secondary N) is 1. The minimum atomic E-state index is -0.479. The highest BCUT2D eigenvalue weighted by Crippen LogP contribution is 2.39. The van der Waals surface area contributed by atoms with Crippen molar-refractivity contribution >= 4 is 40.5 Å². The van der Waals surface area contributed by atoms with Gasteiger partial charge in [-0.2, -0.15) is 9.78 Å². The number of hydrogen-bond acceptors (Lipinski definition) is 4. The molecule has 1 aromatic carbocycles. The zero-order chi connectivity index (χ0) is 18.3. The van der Waals surface area contributed by atoms with Crippen LogP contribution < -0.4 is 10.9 Å². The van der Waals surface area contributed by atoms with Gasteiger partial charge in [-0.25, -0.2) is 0 Å². The van der Waals surface area contributed by atoms with Crippen LogP contribution in [0.1, 0.15) is 25.7 Å². The second-order valence-corrected chi connectivity index (χ2v) is 7.99.